The summed E-state index contributed by atoms with van der Waals surface area (Å²) in [5.41, 5.74) is 5.85. The van der Waals surface area contributed by atoms with E-state index in [9.17, 15) is 19.8 Å². The van der Waals surface area contributed by atoms with Gasteiger partial charge in [0.2, 0.25) is 0 Å². The molecule has 0 atom stereocenters. The van der Waals surface area contributed by atoms with Gasteiger partial charge in [-0.1, -0.05) is 24.3 Å². The third-order valence-electron chi connectivity index (χ3n) is 6.14. The lowest BCUT2D eigenvalue weighted by Crippen LogP contribution is -2.03. The number of hydrogen-bond acceptors (Lipinski definition) is 2. The van der Waals surface area contributed by atoms with Gasteiger partial charge < -0.3 is 10.2 Å². The van der Waals surface area contributed by atoms with Gasteiger partial charge in [0.15, 0.2) is 0 Å². The molecule has 0 radical (unpaired) electrons. The Bertz CT molecular complexity index is 1270. The highest BCUT2D eigenvalue weighted by atomic mass is 16.4. The smallest absolute Gasteiger partial charge is 0.307 e. The van der Waals surface area contributed by atoms with Crippen molar-refractivity contribution < 1.29 is 19.8 Å². The molecule has 2 N–H and O–H groups in total. The van der Waals surface area contributed by atoms with Gasteiger partial charge in [0.25, 0.3) is 0 Å². The molecule has 0 spiro atoms. The molecule has 30 heavy (non-hydrogen) atoms. The maximum Gasteiger partial charge on any atom is 0.307 e. The Balaban J connectivity index is 2.22. The van der Waals surface area contributed by atoms with Gasteiger partial charge in [-0.2, -0.15) is 0 Å². The summed E-state index contributed by atoms with van der Waals surface area (Å²) in [5, 5.41) is 25.0. The average molecular weight is 400 g/mol. The van der Waals surface area contributed by atoms with Crippen molar-refractivity contribution >= 4 is 44.3 Å². The van der Waals surface area contributed by atoms with E-state index < -0.39 is 11.9 Å². The van der Waals surface area contributed by atoms with Crippen LogP contribution in [0.3, 0.4) is 0 Å². The largest absolute Gasteiger partial charge is 0.481 e. The Kier molecular flexibility index (Phi) is 4.73. The predicted molar refractivity (Wildman–Crippen MR) is 121 cm³/mol. The predicted octanol–water partition coefficient (Wildman–Crippen LogP) is 5.63. The molecule has 0 aliphatic carbocycles. The standard InChI is InChI=1S/C26H24O4/c1-13-5-19-20(6-14(13)2)22-8-16(4)18(12-26(29)30)10-24(22)23-9-17(11-25(27)28)15(3)7-21(19)23/h5-10H,11-12H2,1-4H3,(H,27,28)(H,29,30). The molecule has 4 rings (SSSR count). The lowest BCUT2D eigenvalue weighted by Gasteiger charge is -2.17. The third-order valence-corrected chi connectivity index (χ3v) is 6.14. The van der Waals surface area contributed by atoms with Crippen LogP contribution in [0.4, 0.5) is 0 Å². The molecule has 0 aliphatic heterocycles. The Labute approximate surface area is 174 Å². The minimum atomic E-state index is -0.864. The van der Waals surface area contributed by atoms with E-state index in [1.165, 1.54) is 11.1 Å². The van der Waals surface area contributed by atoms with Gasteiger partial charge in [0, 0.05) is 0 Å². The highest BCUT2D eigenvalue weighted by Gasteiger charge is 2.16. The van der Waals surface area contributed by atoms with Crippen LogP contribution in [0.5, 0.6) is 0 Å². The van der Waals surface area contributed by atoms with Gasteiger partial charge in [0.1, 0.15) is 0 Å². The van der Waals surface area contributed by atoms with Crippen LogP contribution >= 0.6 is 0 Å². The van der Waals surface area contributed by atoms with Crippen molar-refractivity contribution in [2.24, 2.45) is 0 Å². The van der Waals surface area contributed by atoms with E-state index in [1.807, 2.05) is 26.0 Å². The number of carboxylic acid groups (broad SMARTS) is 2. The molecule has 0 unspecified atom stereocenters. The van der Waals surface area contributed by atoms with E-state index in [1.54, 1.807) is 0 Å². The van der Waals surface area contributed by atoms with Gasteiger partial charge in [-0.3, -0.25) is 9.59 Å². The summed E-state index contributed by atoms with van der Waals surface area (Å²) in [7, 11) is 0. The fourth-order valence-electron chi connectivity index (χ4n) is 4.37. The van der Waals surface area contributed by atoms with Crippen LogP contribution in [0.25, 0.3) is 32.3 Å². The topological polar surface area (TPSA) is 74.6 Å². The zero-order valence-corrected chi connectivity index (χ0v) is 17.6. The van der Waals surface area contributed by atoms with E-state index in [4.69, 9.17) is 0 Å². The van der Waals surface area contributed by atoms with Crippen LogP contribution in [0.2, 0.25) is 0 Å². The molecule has 4 aromatic rings. The third kappa shape index (κ3) is 3.28. The summed E-state index contributed by atoms with van der Waals surface area (Å²) in [5.74, 6) is -1.73. The van der Waals surface area contributed by atoms with Crippen molar-refractivity contribution in [3.8, 4) is 0 Å². The normalized spacial score (nSPS) is 11.5. The summed E-state index contributed by atoms with van der Waals surface area (Å²) in [6.07, 6.45) is -0.0792. The van der Waals surface area contributed by atoms with Gasteiger partial charge in [-0.15, -0.1) is 0 Å². The fourth-order valence-corrected chi connectivity index (χ4v) is 4.37. The number of benzene rings is 4. The second kappa shape index (κ2) is 7.13. The molecule has 0 aliphatic rings. The summed E-state index contributed by atoms with van der Waals surface area (Å²) in [6, 6.07) is 12.5. The summed E-state index contributed by atoms with van der Waals surface area (Å²) in [4.78, 5) is 22.7. The van der Waals surface area contributed by atoms with Crippen molar-refractivity contribution in [1.29, 1.82) is 0 Å². The highest BCUT2D eigenvalue weighted by Crippen LogP contribution is 2.39. The number of aryl methyl sites for hydroxylation is 4. The summed E-state index contributed by atoms with van der Waals surface area (Å²) < 4.78 is 0. The second-order valence-electron chi connectivity index (χ2n) is 8.27. The van der Waals surface area contributed by atoms with E-state index in [0.717, 1.165) is 54.6 Å². The van der Waals surface area contributed by atoms with Crippen LogP contribution in [0, 0.1) is 27.7 Å². The first-order valence-electron chi connectivity index (χ1n) is 9.98. The van der Waals surface area contributed by atoms with Crippen LogP contribution < -0.4 is 0 Å². The molecule has 4 aromatic carbocycles. The maximum absolute atomic E-state index is 11.4. The lowest BCUT2D eigenvalue weighted by molar-refractivity contribution is -0.137. The molecule has 0 amide bonds. The lowest BCUT2D eigenvalue weighted by atomic mass is 9.87. The van der Waals surface area contributed by atoms with Gasteiger partial charge >= 0.3 is 11.9 Å². The van der Waals surface area contributed by atoms with Crippen LogP contribution in [0.15, 0.2) is 36.4 Å². The molecular formula is C26H24O4. The number of aliphatic carboxylic acids is 2. The molecule has 0 fully saturated rings. The zero-order valence-electron chi connectivity index (χ0n) is 17.6. The van der Waals surface area contributed by atoms with E-state index in [2.05, 4.69) is 38.1 Å². The Morgan fingerprint density at radius 1 is 0.533 bits per heavy atom. The van der Waals surface area contributed by atoms with Gasteiger partial charge in [-0.05, 0) is 106 Å². The molecular weight excluding hydrogens is 376 g/mol. The first-order chi connectivity index (χ1) is 14.2. The second-order valence-corrected chi connectivity index (χ2v) is 8.27. The quantitative estimate of drug-likeness (QED) is 0.435. The highest BCUT2D eigenvalue weighted by molar-refractivity contribution is 6.26. The molecule has 0 heterocycles. The molecule has 0 aromatic heterocycles. The van der Waals surface area contributed by atoms with E-state index in [-0.39, 0.29) is 12.8 Å². The van der Waals surface area contributed by atoms with Crippen molar-refractivity contribution in [3.05, 3.63) is 69.8 Å². The molecule has 0 saturated heterocycles. The zero-order chi connectivity index (χ0) is 21.7. The molecule has 152 valence electrons. The number of rotatable bonds is 4. The van der Waals surface area contributed by atoms with Gasteiger partial charge in [-0.25, -0.2) is 0 Å². The molecule has 4 nitrogen and oxygen atoms in total. The van der Waals surface area contributed by atoms with E-state index in [0.29, 0.717) is 0 Å². The van der Waals surface area contributed by atoms with Crippen molar-refractivity contribution in [2.75, 3.05) is 0 Å². The molecule has 0 bridgehead atoms. The number of fused-ring (bicyclic) bond motifs is 6. The Morgan fingerprint density at radius 3 is 1.10 bits per heavy atom. The van der Waals surface area contributed by atoms with Gasteiger partial charge in [0.05, 0.1) is 12.8 Å². The Hall–Kier alpha value is -3.40. The molecule has 4 heteroatoms. The number of hydrogen-bond donors (Lipinski definition) is 2. The monoisotopic (exact) mass is 400 g/mol. The van der Waals surface area contributed by atoms with Crippen molar-refractivity contribution in [1.82, 2.24) is 0 Å². The maximum atomic E-state index is 11.4. The Morgan fingerprint density at radius 2 is 0.800 bits per heavy atom. The minimum absolute atomic E-state index is 0.0396. The van der Waals surface area contributed by atoms with E-state index >= 15 is 0 Å². The minimum Gasteiger partial charge on any atom is -0.481 e. The first kappa shape index (κ1) is 19.9. The summed E-state index contributed by atoms with van der Waals surface area (Å²) in [6.45, 7) is 8.08. The SMILES string of the molecule is Cc1cc2c(cc1C)c1cc(C)c(CC(=O)O)cc1c1cc(CC(=O)O)c(C)cc21. The van der Waals surface area contributed by atoms with Crippen molar-refractivity contribution in [3.63, 3.8) is 0 Å². The summed E-state index contributed by atoms with van der Waals surface area (Å²) >= 11 is 0. The average Bonchev–Trinajstić information content (AvgIpc) is 2.65. The fraction of sp³-hybridized carbons (Fsp3) is 0.231. The first-order valence-corrected chi connectivity index (χ1v) is 9.98. The van der Waals surface area contributed by atoms with Crippen LogP contribution in [0.1, 0.15) is 33.4 Å². The number of carboxylic acids is 2. The van der Waals surface area contributed by atoms with Crippen molar-refractivity contribution in [2.45, 2.75) is 40.5 Å². The number of carbonyl (C=O) groups is 2. The van der Waals surface area contributed by atoms with Crippen LogP contribution in [-0.2, 0) is 22.4 Å². The molecule has 0 saturated carbocycles. The van der Waals surface area contributed by atoms with Crippen LogP contribution in [-0.4, -0.2) is 22.2 Å².